The highest BCUT2D eigenvalue weighted by molar-refractivity contribution is 9.10. The quantitative estimate of drug-likeness (QED) is 0.864. The zero-order chi connectivity index (χ0) is 14.5. The summed E-state index contributed by atoms with van der Waals surface area (Å²) in [6.45, 7) is 10.6. The van der Waals surface area contributed by atoms with Crippen molar-refractivity contribution in [1.29, 1.82) is 0 Å². The molecule has 2 unspecified atom stereocenters. The minimum atomic E-state index is 0.387. The Labute approximate surface area is 132 Å². The first-order valence-corrected chi connectivity index (χ1v) is 8.64. The maximum absolute atomic E-state index is 3.79. The van der Waals surface area contributed by atoms with E-state index in [1.54, 1.807) is 0 Å². The molecular weight excluding hydrogens is 312 g/mol. The van der Waals surface area contributed by atoms with E-state index in [0.29, 0.717) is 12.1 Å². The fourth-order valence-electron chi connectivity index (χ4n) is 3.23. The lowest BCUT2D eigenvalue weighted by Crippen LogP contribution is -2.45. The molecule has 1 heterocycles. The van der Waals surface area contributed by atoms with Crippen LogP contribution in [0.25, 0.3) is 0 Å². The number of benzene rings is 1. The van der Waals surface area contributed by atoms with Crippen molar-refractivity contribution in [2.75, 3.05) is 19.6 Å². The summed E-state index contributed by atoms with van der Waals surface area (Å²) in [6, 6.07) is 9.46. The van der Waals surface area contributed by atoms with Crippen molar-refractivity contribution < 1.29 is 0 Å². The van der Waals surface area contributed by atoms with E-state index in [0.717, 1.165) is 5.92 Å². The van der Waals surface area contributed by atoms with Crippen LogP contribution >= 0.6 is 15.9 Å². The number of halogens is 1. The van der Waals surface area contributed by atoms with Gasteiger partial charge in [-0.25, -0.2) is 0 Å². The number of nitrogens with zero attached hydrogens (tertiary/aromatic N) is 1. The van der Waals surface area contributed by atoms with Gasteiger partial charge >= 0.3 is 0 Å². The first-order valence-electron chi connectivity index (χ1n) is 7.84. The van der Waals surface area contributed by atoms with Gasteiger partial charge in [0.2, 0.25) is 0 Å². The summed E-state index contributed by atoms with van der Waals surface area (Å²) in [7, 11) is 0. The zero-order valence-electron chi connectivity index (χ0n) is 12.9. The van der Waals surface area contributed by atoms with Gasteiger partial charge in [0.1, 0.15) is 0 Å². The van der Waals surface area contributed by atoms with Gasteiger partial charge in [0.05, 0.1) is 0 Å². The second kappa shape index (κ2) is 7.58. The minimum absolute atomic E-state index is 0.387. The van der Waals surface area contributed by atoms with Crippen molar-refractivity contribution >= 4 is 15.9 Å². The number of nitrogens with one attached hydrogen (secondary N) is 1. The molecule has 0 aliphatic carbocycles. The number of rotatable bonds is 5. The Morgan fingerprint density at radius 3 is 2.80 bits per heavy atom. The number of hydrogen-bond acceptors (Lipinski definition) is 2. The molecule has 1 aliphatic heterocycles. The fraction of sp³-hybridized carbons (Fsp3) is 0.647. The van der Waals surface area contributed by atoms with Gasteiger partial charge in [0.25, 0.3) is 0 Å². The van der Waals surface area contributed by atoms with Gasteiger partial charge in [0.15, 0.2) is 0 Å². The Kier molecular flexibility index (Phi) is 6.06. The summed E-state index contributed by atoms with van der Waals surface area (Å²) in [5.41, 5.74) is 1.35. The smallest absolute Gasteiger partial charge is 0.0305 e. The van der Waals surface area contributed by atoms with Crippen LogP contribution in [-0.2, 0) is 0 Å². The molecule has 1 aliphatic rings. The Morgan fingerprint density at radius 2 is 2.10 bits per heavy atom. The summed E-state index contributed by atoms with van der Waals surface area (Å²) < 4.78 is 1.20. The van der Waals surface area contributed by atoms with E-state index in [2.05, 4.69) is 71.2 Å². The van der Waals surface area contributed by atoms with Crippen LogP contribution in [0.1, 0.15) is 45.2 Å². The van der Waals surface area contributed by atoms with Gasteiger partial charge in [-0.1, -0.05) is 41.1 Å². The Morgan fingerprint density at radius 1 is 1.35 bits per heavy atom. The van der Waals surface area contributed by atoms with E-state index in [9.17, 15) is 0 Å². The minimum Gasteiger partial charge on any atom is -0.307 e. The maximum atomic E-state index is 3.79. The van der Waals surface area contributed by atoms with Gasteiger partial charge in [-0.2, -0.15) is 0 Å². The molecule has 0 saturated carbocycles. The molecule has 0 radical (unpaired) electrons. The molecule has 1 aromatic rings. The number of hydrogen-bond donors (Lipinski definition) is 1. The van der Waals surface area contributed by atoms with Crippen molar-refractivity contribution in [3.63, 3.8) is 0 Å². The third-order valence-electron chi connectivity index (χ3n) is 4.58. The first kappa shape index (κ1) is 16.0. The molecule has 1 saturated heterocycles. The van der Waals surface area contributed by atoms with Crippen LogP contribution in [0.3, 0.4) is 0 Å². The molecule has 1 aromatic carbocycles. The lowest BCUT2D eigenvalue weighted by atomic mass is 9.90. The molecule has 3 heteroatoms. The summed E-state index contributed by atoms with van der Waals surface area (Å²) in [4.78, 5) is 2.58. The summed E-state index contributed by atoms with van der Waals surface area (Å²) in [6.07, 6.45) is 2.70. The fourth-order valence-corrected chi connectivity index (χ4v) is 3.86. The maximum Gasteiger partial charge on any atom is 0.0305 e. The summed E-state index contributed by atoms with van der Waals surface area (Å²) >= 11 is 3.66. The molecule has 0 spiro atoms. The summed E-state index contributed by atoms with van der Waals surface area (Å²) in [5, 5.41) is 3.79. The third-order valence-corrected chi connectivity index (χ3v) is 5.30. The van der Waals surface area contributed by atoms with E-state index in [1.807, 2.05) is 0 Å². The van der Waals surface area contributed by atoms with Crippen LogP contribution in [0.5, 0.6) is 0 Å². The normalized spacial score (nSPS) is 23.5. The number of likely N-dealkylation sites (tertiary alicyclic amines) is 1. The van der Waals surface area contributed by atoms with Crippen LogP contribution in [-0.4, -0.2) is 30.6 Å². The lowest BCUT2D eigenvalue weighted by Gasteiger charge is -2.36. The Hall–Kier alpha value is -0.380. The zero-order valence-corrected chi connectivity index (χ0v) is 14.5. The second-order valence-electron chi connectivity index (χ2n) is 5.99. The molecule has 0 aromatic heterocycles. The Balaban J connectivity index is 1.93. The molecule has 20 heavy (non-hydrogen) atoms. The molecular formula is C17H27BrN2. The molecule has 2 nitrogen and oxygen atoms in total. The second-order valence-corrected chi connectivity index (χ2v) is 6.85. The van der Waals surface area contributed by atoms with Crippen LogP contribution in [0.2, 0.25) is 0 Å². The predicted octanol–water partition coefficient (Wildman–Crippen LogP) is 4.22. The van der Waals surface area contributed by atoms with Crippen molar-refractivity contribution in [1.82, 2.24) is 10.2 Å². The van der Waals surface area contributed by atoms with Crippen molar-refractivity contribution in [2.24, 2.45) is 5.92 Å². The van der Waals surface area contributed by atoms with Gasteiger partial charge in [-0.05, 0) is 57.3 Å². The van der Waals surface area contributed by atoms with Gasteiger partial charge in [-0.15, -0.1) is 0 Å². The van der Waals surface area contributed by atoms with Crippen LogP contribution in [0.4, 0.5) is 0 Å². The van der Waals surface area contributed by atoms with Gasteiger partial charge < -0.3 is 10.2 Å². The summed E-state index contributed by atoms with van der Waals surface area (Å²) in [5.74, 6) is 0.772. The Bertz CT molecular complexity index is 421. The molecule has 0 amide bonds. The average molecular weight is 339 g/mol. The SMILES string of the molecule is CCN1CCCC(C(C)N[C@@H](C)c2ccccc2Br)C1. The standard InChI is InChI=1S/C17H27BrN2/c1-4-20-11-7-8-15(12-20)13(2)19-14(3)16-9-5-6-10-17(16)18/h5-6,9-10,13-15,19H,4,7-8,11-12H2,1-3H3/t13?,14-,15?/m0/s1. The average Bonchev–Trinajstić information content (AvgIpc) is 2.47. The highest BCUT2D eigenvalue weighted by Crippen LogP contribution is 2.25. The van der Waals surface area contributed by atoms with E-state index >= 15 is 0 Å². The van der Waals surface area contributed by atoms with Gasteiger partial charge in [0, 0.05) is 23.1 Å². The van der Waals surface area contributed by atoms with E-state index < -0.39 is 0 Å². The molecule has 0 bridgehead atoms. The third kappa shape index (κ3) is 4.06. The largest absolute Gasteiger partial charge is 0.307 e. The molecule has 3 atom stereocenters. The topological polar surface area (TPSA) is 15.3 Å². The lowest BCUT2D eigenvalue weighted by molar-refractivity contribution is 0.153. The van der Waals surface area contributed by atoms with Crippen molar-refractivity contribution in [2.45, 2.75) is 45.7 Å². The monoisotopic (exact) mass is 338 g/mol. The van der Waals surface area contributed by atoms with E-state index in [4.69, 9.17) is 0 Å². The number of piperidine rings is 1. The predicted molar refractivity (Wildman–Crippen MR) is 90.0 cm³/mol. The molecule has 1 N–H and O–H groups in total. The first-order chi connectivity index (χ1) is 9.61. The highest BCUT2D eigenvalue weighted by atomic mass is 79.9. The van der Waals surface area contributed by atoms with Crippen LogP contribution < -0.4 is 5.32 Å². The van der Waals surface area contributed by atoms with Crippen LogP contribution in [0, 0.1) is 5.92 Å². The molecule has 2 rings (SSSR count). The van der Waals surface area contributed by atoms with Crippen molar-refractivity contribution in [3.8, 4) is 0 Å². The van der Waals surface area contributed by atoms with E-state index in [1.165, 1.54) is 42.5 Å². The molecule has 1 fully saturated rings. The molecule has 112 valence electrons. The van der Waals surface area contributed by atoms with Crippen molar-refractivity contribution in [3.05, 3.63) is 34.3 Å². The van der Waals surface area contributed by atoms with Crippen LogP contribution in [0.15, 0.2) is 28.7 Å². The van der Waals surface area contributed by atoms with Gasteiger partial charge in [-0.3, -0.25) is 0 Å². The van der Waals surface area contributed by atoms with E-state index in [-0.39, 0.29) is 0 Å². The highest BCUT2D eigenvalue weighted by Gasteiger charge is 2.25.